The number of Topliss-reactive ketones (excluding diaryl/α,β-unsaturated/α-hetero) is 1. The molecular weight excluding hydrogens is 392 g/mol. The molecule has 29 heavy (non-hydrogen) atoms. The number of hydrogen-bond acceptors (Lipinski definition) is 5. The molecule has 0 aliphatic carbocycles. The van der Waals surface area contributed by atoms with Crippen molar-refractivity contribution < 1.29 is 24.5 Å². The van der Waals surface area contributed by atoms with Crippen molar-refractivity contribution in [3.8, 4) is 34.1 Å². The average Bonchev–Trinajstić information content (AvgIpc) is 2.69. The van der Waals surface area contributed by atoms with Crippen molar-refractivity contribution in [3.05, 3.63) is 70.7 Å². The van der Waals surface area contributed by atoms with E-state index in [4.69, 9.17) is 21.1 Å². The molecule has 2 N–H and O–H groups in total. The van der Waals surface area contributed by atoms with Gasteiger partial charge in [-0.2, -0.15) is 0 Å². The largest absolute Gasteiger partial charge is 0.507 e. The van der Waals surface area contributed by atoms with Gasteiger partial charge in [0.15, 0.2) is 0 Å². The monoisotopic (exact) mass is 412 g/mol. The van der Waals surface area contributed by atoms with Gasteiger partial charge in [0.1, 0.15) is 35.4 Å². The lowest BCUT2D eigenvalue weighted by molar-refractivity contribution is -0.116. The van der Waals surface area contributed by atoms with Crippen LogP contribution < -0.4 is 9.47 Å². The fourth-order valence-corrected chi connectivity index (χ4v) is 3.46. The minimum atomic E-state index is -0.163. The number of methoxy groups -OCH3 is 1. The molecule has 0 amide bonds. The standard InChI is InChI=1S/C23H21ClO5/c1-14(25)11-16-20(29-13-15-7-4-3-5-8-15)12-17(24)23(28-2)21(16)22-18(26)9-6-10-19(22)27/h3-10,12,26-27H,11,13H2,1-2H3. The normalized spacial score (nSPS) is 10.6. The minimum Gasteiger partial charge on any atom is -0.507 e. The molecule has 0 aromatic heterocycles. The van der Waals surface area contributed by atoms with Crippen molar-refractivity contribution in [2.75, 3.05) is 7.11 Å². The summed E-state index contributed by atoms with van der Waals surface area (Å²) in [6.45, 7) is 1.72. The van der Waals surface area contributed by atoms with Crippen LogP contribution in [0.3, 0.4) is 0 Å². The first-order valence-corrected chi connectivity index (χ1v) is 9.37. The molecule has 0 atom stereocenters. The quantitative estimate of drug-likeness (QED) is 0.562. The summed E-state index contributed by atoms with van der Waals surface area (Å²) in [7, 11) is 1.43. The number of ketones is 1. The van der Waals surface area contributed by atoms with E-state index in [0.717, 1.165) is 5.56 Å². The van der Waals surface area contributed by atoms with Crippen molar-refractivity contribution in [1.29, 1.82) is 0 Å². The molecular formula is C23H21ClO5. The number of hydrogen-bond donors (Lipinski definition) is 2. The summed E-state index contributed by atoms with van der Waals surface area (Å²) in [6, 6.07) is 15.5. The van der Waals surface area contributed by atoms with E-state index in [9.17, 15) is 15.0 Å². The molecule has 0 aliphatic heterocycles. The lowest BCUT2D eigenvalue weighted by Gasteiger charge is -2.21. The highest BCUT2D eigenvalue weighted by Gasteiger charge is 2.25. The second kappa shape index (κ2) is 8.88. The Morgan fingerprint density at radius 1 is 1.00 bits per heavy atom. The molecule has 3 aromatic carbocycles. The summed E-state index contributed by atoms with van der Waals surface area (Å²) in [5, 5.41) is 21.1. The molecule has 150 valence electrons. The van der Waals surface area contributed by atoms with Crippen LogP contribution in [-0.4, -0.2) is 23.1 Å². The molecule has 0 fully saturated rings. The van der Waals surface area contributed by atoms with E-state index >= 15 is 0 Å². The molecule has 6 heteroatoms. The molecule has 0 heterocycles. The van der Waals surface area contributed by atoms with Gasteiger partial charge in [-0.3, -0.25) is 4.79 Å². The van der Waals surface area contributed by atoms with Crippen LogP contribution in [0.4, 0.5) is 0 Å². The highest BCUT2D eigenvalue weighted by atomic mass is 35.5. The Bertz CT molecular complexity index is 1010. The number of ether oxygens (including phenoxy) is 2. The molecule has 0 aliphatic rings. The van der Waals surface area contributed by atoms with E-state index in [1.54, 1.807) is 6.07 Å². The zero-order valence-corrected chi connectivity index (χ0v) is 16.9. The fraction of sp³-hybridized carbons (Fsp3) is 0.174. The van der Waals surface area contributed by atoms with Crippen LogP contribution in [0.5, 0.6) is 23.0 Å². The molecule has 5 nitrogen and oxygen atoms in total. The van der Waals surface area contributed by atoms with Gasteiger partial charge in [0.2, 0.25) is 0 Å². The van der Waals surface area contributed by atoms with Gasteiger partial charge in [0.25, 0.3) is 0 Å². The Hall–Kier alpha value is -3.18. The first-order chi connectivity index (χ1) is 13.9. The van der Waals surface area contributed by atoms with E-state index in [-0.39, 0.29) is 46.6 Å². The SMILES string of the molecule is COc1c(Cl)cc(OCc2ccccc2)c(CC(C)=O)c1-c1c(O)cccc1O. The minimum absolute atomic E-state index is 0.0146. The summed E-state index contributed by atoms with van der Waals surface area (Å²) < 4.78 is 11.5. The highest BCUT2D eigenvalue weighted by molar-refractivity contribution is 6.33. The maximum atomic E-state index is 12.0. The van der Waals surface area contributed by atoms with Gasteiger partial charge < -0.3 is 19.7 Å². The van der Waals surface area contributed by atoms with Gasteiger partial charge in [-0.05, 0) is 24.6 Å². The van der Waals surface area contributed by atoms with Crippen LogP contribution in [0.1, 0.15) is 18.1 Å². The van der Waals surface area contributed by atoms with Crippen molar-refractivity contribution in [3.63, 3.8) is 0 Å². The number of halogens is 1. The van der Waals surface area contributed by atoms with Crippen LogP contribution in [-0.2, 0) is 17.8 Å². The Morgan fingerprint density at radius 2 is 1.66 bits per heavy atom. The number of benzene rings is 3. The van der Waals surface area contributed by atoms with E-state index in [1.165, 1.54) is 32.2 Å². The highest BCUT2D eigenvalue weighted by Crippen LogP contribution is 2.49. The molecule has 0 spiro atoms. The van der Waals surface area contributed by atoms with E-state index in [2.05, 4.69) is 0 Å². The average molecular weight is 413 g/mol. The van der Waals surface area contributed by atoms with Crippen molar-refractivity contribution in [2.45, 2.75) is 20.0 Å². The number of phenols is 2. The first kappa shape index (κ1) is 20.6. The number of aromatic hydroxyl groups is 2. The van der Waals surface area contributed by atoms with E-state index in [0.29, 0.717) is 16.9 Å². The molecule has 0 unspecified atom stereocenters. The third kappa shape index (κ3) is 4.46. The maximum Gasteiger partial charge on any atom is 0.146 e. The molecule has 0 radical (unpaired) electrons. The van der Waals surface area contributed by atoms with Gasteiger partial charge in [0.05, 0.1) is 17.7 Å². The zero-order valence-electron chi connectivity index (χ0n) is 16.1. The number of carbonyl (C=O) groups excluding carboxylic acids is 1. The second-order valence-corrected chi connectivity index (χ2v) is 6.97. The zero-order chi connectivity index (χ0) is 21.0. The number of rotatable bonds is 7. The summed E-state index contributed by atoms with van der Waals surface area (Å²) >= 11 is 6.43. The number of carbonyl (C=O) groups is 1. The van der Waals surface area contributed by atoms with Crippen LogP contribution in [0.15, 0.2) is 54.6 Å². The Kier molecular flexibility index (Phi) is 6.29. The molecule has 0 saturated heterocycles. The summed E-state index contributed by atoms with van der Waals surface area (Å²) in [5.41, 5.74) is 1.88. The molecule has 3 rings (SSSR count). The van der Waals surface area contributed by atoms with Gasteiger partial charge >= 0.3 is 0 Å². The number of phenolic OH excluding ortho intramolecular Hbond substituents is 2. The fourth-order valence-electron chi connectivity index (χ4n) is 3.18. The predicted octanol–water partition coefficient (Wildman–Crippen LogP) is 5.14. The maximum absolute atomic E-state index is 12.0. The van der Waals surface area contributed by atoms with Gasteiger partial charge in [0, 0.05) is 23.6 Å². The lowest BCUT2D eigenvalue weighted by Crippen LogP contribution is -2.06. The summed E-state index contributed by atoms with van der Waals surface area (Å²) in [6.07, 6.45) is 0.0146. The lowest BCUT2D eigenvalue weighted by atomic mass is 9.93. The molecule has 3 aromatic rings. The summed E-state index contributed by atoms with van der Waals surface area (Å²) in [4.78, 5) is 12.0. The van der Waals surface area contributed by atoms with Crippen molar-refractivity contribution in [1.82, 2.24) is 0 Å². The van der Waals surface area contributed by atoms with Crippen LogP contribution in [0.25, 0.3) is 11.1 Å². The Labute approximate surface area is 174 Å². The second-order valence-electron chi connectivity index (χ2n) is 6.57. The van der Waals surface area contributed by atoms with Gasteiger partial charge in [-0.25, -0.2) is 0 Å². The van der Waals surface area contributed by atoms with E-state index in [1.807, 2.05) is 30.3 Å². The smallest absolute Gasteiger partial charge is 0.146 e. The van der Waals surface area contributed by atoms with Gasteiger partial charge in [-0.15, -0.1) is 0 Å². The summed E-state index contributed by atoms with van der Waals surface area (Å²) in [5.74, 6) is 0.183. The van der Waals surface area contributed by atoms with Crippen LogP contribution in [0, 0.1) is 0 Å². The Balaban J connectivity index is 2.21. The van der Waals surface area contributed by atoms with Crippen LogP contribution >= 0.6 is 11.6 Å². The molecule has 0 bridgehead atoms. The van der Waals surface area contributed by atoms with Gasteiger partial charge in [-0.1, -0.05) is 48.0 Å². The third-order valence-corrected chi connectivity index (χ3v) is 4.72. The predicted molar refractivity (Wildman–Crippen MR) is 112 cm³/mol. The van der Waals surface area contributed by atoms with Crippen molar-refractivity contribution >= 4 is 17.4 Å². The Morgan fingerprint density at radius 3 is 2.24 bits per heavy atom. The molecule has 0 saturated carbocycles. The first-order valence-electron chi connectivity index (χ1n) is 8.99. The van der Waals surface area contributed by atoms with Crippen molar-refractivity contribution in [2.24, 2.45) is 0 Å². The van der Waals surface area contributed by atoms with E-state index < -0.39 is 0 Å². The topological polar surface area (TPSA) is 76.0 Å². The van der Waals surface area contributed by atoms with Crippen LogP contribution in [0.2, 0.25) is 5.02 Å². The third-order valence-electron chi connectivity index (χ3n) is 4.44.